The minimum Gasteiger partial charge on any atom is -0.353 e. The molecule has 0 saturated carbocycles. The maximum absolute atomic E-state index is 11.3. The standard InChI is InChI=1S/C10H17N3O2S/c1-2-13-6-5-11-10(13)12-9-3-7-16(14,15)8-4-9/h5-6,9H,2-4,7-8H2,1H3,(H,11,12). The Bertz CT molecular complexity index is 438. The van der Waals surface area contributed by atoms with Crippen molar-refractivity contribution in [1.29, 1.82) is 0 Å². The Balaban J connectivity index is 1.97. The second-order valence-electron chi connectivity index (χ2n) is 4.11. The Morgan fingerprint density at radius 3 is 2.81 bits per heavy atom. The molecule has 2 heterocycles. The van der Waals surface area contributed by atoms with Gasteiger partial charge in [-0.1, -0.05) is 0 Å². The minimum absolute atomic E-state index is 0.233. The van der Waals surface area contributed by atoms with E-state index in [2.05, 4.69) is 17.2 Å². The third kappa shape index (κ3) is 2.55. The predicted octanol–water partition coefficient (Wildman–Crippen LogP) is 0.892. The molecule has 1 aliphatic rings. The zero-order chi connectivity index (χ0) is 11.6. The zero-order valence-corrected chi connectivity index (χ0v) is 10.2. The van der Waals surface area contributed by atoms with Gasteiger partial charge in [-0.25, -0.2) is 13.4 Å². The smallest absolute Gasteiger partial charge is 0.202 e. The predicted molar refractivity (Wildman–Crippen MR) is 63.2 cm³/mol. The number of anilines is 1. The molecule has 1 saturated heterocycles. The molecular weight excluding hydrogens is 226 g/mol. The van der Waals surface area contributed by atoms with Crippen LogP contribution in [0, 0.1) is 0 Å². The summed E-state index contributed by atoms with van der Waals surface area (Å²) in [4.78, 5) is 4.22. The molecule has 0 radical (unpaired) electrons. The fraction of sp³-hybridized carbons (Fsp3) is 0.700. The van der Waals surface area contributed by atoms with Gasteiger partial charge in [-0.3, -0.25) is 0 Å². The highest BCUT2D eigenvalue weighted by Crippen LogP contribution is 2.16. The molecule has 1 aromatic rings. The van der Waals surface area contributed by atoms with Crippen molar-refractivity contribution < 1.29 is 8.42 Å². The second-order valence-corrected chi connectivity index (χ2v) is 6.41. The molecule has 5 nitrogen and oxygen atoms in total. The molecule has 0 bridgehead atoms. The fourth-order valence-corrected chi connectivity index (χ4v) is 3.41. The van der Waals surface area contributed by atoms with Crippen molar-refractivity contribution in [2.75, 3.05) is 16.8 Å². The maximum Gasteiger partial charge on any atom is 0.202 e. The number of nitrogens with zero attached hydrogens (tertiary/aromatic N) is 2. The first-order valence-electron chi connectivity index (χ1n) is 5.59. The Morgan fingerprint density at radius 1 is 1.50 bits per heavy atom. The van der Waals surface area contributed by atoms with Crippen LogP contribution in [-0.4, -0.2) is 35.5 Å². The summed E-state index contributed by atoms with van der Waals surface area (Å²) in [5, 5.41) is 3.31. The minimum atomic E-state index is -2.78. The normalized spacial score (nSPS) is 20.8. The van der Waals surface area contributed by atoms with Gasteiger partial charge < -0.3 is 9.88 Å². The summed E-state index contributed by atoms with van der Waals surface area (Å²) < 4.78 is 24.6. The van der Waals surface area contributed by atoms with E-state index in [4.69, 9.17) is 0 Å². The lowest BCUT2D eigenvalue weighted by Gasteiger charge is -2.23. The Labute approximate surface area is 95.8 Å². The Morgan fingerprint density at radius 2 is 2.19 bits per heavy atom. The molecule has 1 aliphatic heterocycles. The Hall–Kier alpha value is -1.04. The highest BCUT2D eigenvalue weighted by Gasteiger charge is 2.24. The molecule has 16 heavy (non-hydrogen) atoms. The second kappa shape index (κ2) is 4.45. The monoisotopic (exact) mass is 243 g/mol. The number of aryl methyl sites for hydroxylation is 1. The van der Waals surface area contributed by atoms with Crippen molar-refractivity contribution in [1.82, 2.24) is 9.55 Å². The molecule has 1 N–H and O–H groups in total. The van der Waals surface area contributed by atoms with Gasteiger partial charge in [0, 0.05) is 25.0 Å². The van der Waals surface area contributed by atoms with E-state index in [-0.39, 0.29) is 17.5 Å². The van der Waals surface area contributed by atoms with Gasteiger partial charge in [0.1, 0.15) is 9.84 Å². The number of hydrogen-bond donors (Lipinski definition) is 1. The number of aromatic nitrogens is 2. The van der Waals surface area contributed by atoms with Crippen molar-refractivity contribution in [3.8, 4) is 0 Å². The van der Waals surface area contributed by atoms with Gasteiger partial charge in [0.15, 0.2) is 0 Å². The SMILES string of the molecule is CCn1ccnc1NC1CCS(=O)(=O)CC1. The number of hydrogen-bond acceptors (Lipinski definition) is 4. The van der Waals surface area contributed by atoms with E-state index in [1.54, 1.807) is 6.20 Å². The highest BCUT2D eigenvalue weighted by atomic mass is 32.2. The van der Waals surface area contributed by atoms with Crippen LogP contribution in [0.5, 0.6) is 0 Å². The Kier molecular flexibility index (Phi) is 3.18. The summed E-state index contributed by atoms with van der Waals surface area (Å²) in [6, 6.07) is 0.233. The lowest BCUT2D eigenvalue weighted by molar-refractivity contribution is 0.556. The van der Waals surface area contributed by atoms with E-state index in [0.717, 1.165) is 12.5 Å². The third-order valence-electron chi connectivity index (χ3n) is 2.94. The number of rotatable bonds is 3. The molecule has 0 aliphatic carbocycles. The van der Waals surface area contributed by atoms with E-state index < -0.39 is 9.84 Å². The molecule has 2 rings (SSSR count). The average Bonchev–Trinajstić information content (AvgIpc) is 2.68. The van der Waals surface area contributed by atoms with Crippen molar-refractivity contribution in [2.24, 2.45) is 0 Å². The van der Waals surface area contributed by atoms with E-state index in [1.165, 1.54) is 0 Å². The summed E-state index contributed by atoms with van der Waals surface area (Å²) in [6.45, 7) is 2.92. The van der Waals surface area contributed by atoms with Crippen LogP contribution >= 0.6 is 0 Å². The third-order valence-corrected chi connectivity index (χ3v) is 4.66. The lowest BCUT2D eigenvalue weighted by Crippen LogP contribution is -2.32. The fourth-order valence-electron chi connectivity index (χ4n) is 1.92. The molecule has 6 heteroatoms. The van der Waals surface area contributed by atoms with E-state index in [9.17, 15) is 8.42 Å². The van der Waals surface area contributed by atoms with Crippen LogP contribution in [-0.2, 0) is 16.4 Å². The summed E-state index contributed by atoms with van der Waals surface area (Å²) in [5.74, 6) is 1.42. The van der Waals surface area contributed by atoms with Crippen LogP contribution in [0.2, 0.25) is 0 Å². The van der Waals surface area contributed by atoms with Crippen molar-refractivity contribution in [2.45, 2.75) is 32.4 Å². The number of imidazole rings is 1. The summed E-state index contributed by atoms with van der Waals surface area (Å²) >= 11 is 0. The molecule has 1 fully saturated rings. The number of sulfone groups is 1. The lowest BCUT2D eigenvalue weighted by atomic mass is 10.2. The molecule has 0 spiro atoms. The van der Waals surface area contributed by atoms with Gasteiger partial charge in [-0.2, -0.15) is 0 Å². The molecule has 0 unspecified atom stereocenters. The molecular formula is C10H17N3O2S. The van der Waals surface area contributed by atoms with Crippen LogP contribution in [0.15, 0.2) is 12.4 Å². The van der Waals surface area contributed by atoms with Gasteiger partial charge in [0.25, 0.3) is 0 Å². The van der Waals surface area contributed by atoms with Crippen molar-refractivity contribution in [3.63, 3.8) is 0 Å². The number of nitrogens with one attached hydrogen (secondary N) is 1. The van der Waals surface area contributed by atoms with Crippen molar-refractivity contribution >= 4 is 15.8 Å². The van der Waals surface area contributed by atoms with Gasteiger partial charge in [-0.15, -0.1) is 0 Å². The quantitative estimate of drug-likeness (QED) is 0.856. The first-order chi connectivity index (χ1) is 7.61. The van der Waals surface area contributed by atoms with Crippen molar-refractivity contribution in [3.05, 3.63) is 12.4 Å². The van der Waals surface area contributed by atoms with Gasteiger partial charge >= 0.3 is 0 Å². The zero-order valence-electron chi connectivity index (χ0n) is 9.39. The van der Waals surface area contributed by atoms with Crippen LogP contribution in [0.3, 0.4) is 0 Å². The van der Waals surface area contributed by atoms with Gasteiger partial charge in [0.05, 0.1) is 11.5 Å². The van der Waals surface area contributed by atoms with Crippen LogP contribution < -0.4 is 5.32 Å². The van der Waals surface area contributed by atoms with Crippen LogP contribution in [0.1, 0.15) is 19.8 Å². The largest absolute Gasteiger partial charge is 0.353 e. The first kappa shape index (κ1) is 11.4. The summed E-state index contributed by atoms with van der Waals surface area (Å²) in [6.07, 6.45) is 5.03. The van der Waals surface area contributed by atoms with Gasteiger partial charge in [0.2, 0.25) is 5.95 Å². The topological polar surface area (TPSA) is 64.0 Å². The summed E-state index contributed by atoms with van der Waals surface area (Å²) in [5.41, 5.74) is 0. The molecule has 0 amide bonds. The van der Waals surface area contributed by atoms with Gasteiger partial charge in [-0.05, 0) is 19.8 Å². The van der Waals surface area contributed by atoms with E-state index in [0.29, 0.717) is 12.8 Å². The molecule has 0 aromatic carbocycles. The molecule has 0 atom stereocenters. The van der Waals surface area contributed by atoms with E-state index >= 15 is 0 Å². The first-order valence-corrected chi connectivity index (χ1v) is 7.41. The summed E-state index contributed by atoms with van der Waals surface area (Å²) in [7, 11) is -2.78. The van der Waals surface area contributed by atoms with E-state index in [1.807, 2.05) is 10.8 Å². The highest BCUT2D eigenvalue weighted by molar-refractivity contribution is 7.91. The average molecular weight is 243 g/mol. The van der Waals surface area contributed by atoms with Crippen LogP contribution in [0.4, 0.5) is 5.95 Å². The van der Waals surface area contributed by atoms with Crippen LogP contribution in [0.25, 0.3) is 0 Å². The maximum atomic E-state index is 11.3. The molecule has 90 valence electrons. The molecule has 1 aromatic heterocycles.